The summed E-state index contributed by atoms with van der Waals surface area (Å²) in [4.78, 5) is 23.6. The molecule has 2 aromatic carbocycles. The molecular weight excluding hydrogens is 564 g/mol. The van der Waals surface area contributed by atoms with E-state index in [1.165, 1.54) is 5.56 Å². The molecule has 4 heterocycles. The van der Waals surface area contributed by atoms with Gasteiger partial charge in [-0.25, -0.2) is 0 Å². The molecule has 200 valence electrons. The van der Waals surface area contributed by atoms with Crippen LogP contribution in [-0.2, 0) is 16.0 Å². The normalized spacial score (nSPS) is 21.9. The number of halogens is 1. The second-order valence-electron chi connectivity index (χ2n) is 10.5. The van der Waals surface area contributed by atoms with Crippen molar-refractivity contribution in [3.63, 3.8) is 0 Å². The molecule has 0 aliphatic carbocycles. The molecular formula is C29H33BrN4O3S. The first kappa shape index (κ1) is 25.8. The molecule has 0 bridgehead atoms. The Bertz CT molecular complexity index is 1350. The number of ether oxygens (including phenoxy) is 2. The number of hydrogen-bond acceptors (Lipinski definition) is 5. The maximum absolute atomic E-state index is 13.6. The SMILES string of the molecule is CC(C)N1C(=O)C2Cc3c([nH]c4ccc(Br)cc34)C(c3ccc(OCCCN4CCOCC4)cc3)N2C1=S. The Morgan fingerprint density at radius 3 is 2.66 bits per heavy atom. The summed E-state index contributed by atoms with van der Waals surface area (Å²) in [5.41, 5.74) is 4.46. The Morgan fingerprint density at radius 2 is 1.92 bits per heavy atom. The Balaban J connectivity index is 1.27. The molecule has 3 aliphatic heterocycles. The highest BCUT2D eigenvalue weighted by atomic mass is 79.9. The van der Waals surface area contributed by atoms with Crippen molar-refractivity contribution >= 4 is 50.1 Å². The predicted octanol–water partition coefficient (Wildman–Crippen LogP) is 4.88. The molecule has 0 saturated carbocycles. The van der Waals surface area contributed by atoms with E-state index in [2.05, 4.69) is 55.0 Å². The fourth-order valence-electron chi connectivity index (χ4n) is 5.99. The molecule has 1 amide bonds. The van der Waals surface area contributed by atoms with E-state index in [0.717, 1.165) is 71.7 Å². The summed E-state index contributed by atoms with van der Waals surface area (Å²) in [7, 11) is 0. The van der Waals surface area contributed by atoms with Crippen LogP contribution in [0.4, 0.5) is 0 Å². The summed E-state index contributed by atoms with van der Waals surface area (Å²) in [6.45, 7) is 9.39. The van der Waals surface area contributed by atoms with Crippen LogP contribution in [-0.4, -0.2) is 82.2 Å². The maximum Gasteiger partial charge on any atom is 0.252 e. The van der Waals surface area contributed by atoms with Gasteiger partial charge in [0.05, 0.1) is 25.9 Å². The zero-order valence-corrected chi connectivity index (χ0v) is 24.2. The number of morpholine rings is 1. The number of carbonyl (C=O) groups is 1. The highest BCUT2D eigenvalue weighted by molar-refractivity contribution is 9.10. The van der Waals surface area contributed by atoms with Gasteiger partial charge in [0.25, 0.3) is 5.91 Å². The van der Waals surface area contributed by atoms with Gasteiger partial charge in [0.2, 0.25) is 0 Å². The summed E-state index contributed by atoms with van der Waals surface area (Å²) in [6.07, 6.45) is 1.62. The minimum atomic E-state index is -0.309. The van der Waals surface area contributed by atoms with Gasteiger partial charge in [0.15, 0.2) is 5.11 Å². The number of benzene rings is 2. The first-order chi connectivity index (χ1) is 18.4. The van der Waals surface area contributed by atoms with Crippen molar-refractivity contribution in [1.29, 1.82) is 0 Å². The van der Waals surface area contributed by atoms with Crippen LogP contribution >= 0.6 is 28.1 Å². The van der Waals surface area contributed by atoms with E-state index in [1.807, 2.05) is 32.0 Å². The molecule has 0 spiro atoms. The molecule has 2 fully saturated rings. The van der Waals surface area contributed by atoms with Gasteiger partial charge < -0.3 is 19.4 Å². The lowest BCUT2D eigenvalue weighted by Gasteiger charge is -2.37. The minimum Gasteiger partial charge on any atom is -0.494 e. The predicted molar refractivity (Wildman–Crippen MR) is 156 cm³/mol. The van der Waals surface area contributed by atoms with Gasteiger partial charge in [-0.05, 0) is 73.9 Å². The summed E-state index contributed by atoms with van der Waals surface area (Å²) >= 11 is 9.55. The summed E-state index contributed by atoms with van der Waals surface area (Å²) < 4.78 is 12.5. The number of aromatic nitrogens is 1. The standard InChI is InChI=1S/C29H33BrN4O3S/c1-18(2)33-28(35)25-17-23-22-16-20(30)6-9-24(22)31-26(23)27(34(25)29(33)38)19-4-7-21(8-5-19)37-13-3-10-32-11-14-36-15-12-32/h4-9,16,18,25,27,31H,3,10-15,17H2,1-2H3. The molecule has 2 unspecified atom stereocenters. The number of thiocarbonyl (C=S) groups is 1. The van der Waals surface area contributed by atoms with Crippen LogP contribution in [0.3, 0.4) is 0 Å². The summed E-state index contributed by atoms with van der Waals surface area (Å²) in [6, 6.07) is 14.1. The van der Waals surface area contributed by atoms with E-state index in [0.29, 0.717) is 18.1 Å². The van der Waals surface area contributed by atoms with Crippen LogP contribution in [0, 0.1) is 0 Å². The second kappa shape index (κ2) is 10.6. The quantitative estimate of drug-likeness (QED) is 0.310. The van der Waals surface area contributed by atoms with Gasteiger partial charge in [-0.2, -0.15) is 0 Å². The summed E-state index contributed by atoms with van der Waals surface area (Å²) in [5.74, 6) is 0.943. The van der Waals surface area contributed by atoms with Crippen molar-refractivity contribution in [2.75, 3.05) is 39.5 Å². The van der Waals surface area contributed by atoms with Crippen LogP contribution < -0.4 is 4.74 Å². The monoisotopic (exact) mass is 596 g/mol. The third-order valence-corrected chi connectivity index (χ3v) is 8.74. The van der Waals surface area contributed by atoms with Crippen LogP contribution in [0.25, 0.3) is 10.9 Å². The molecule has 3 aliphatic rings. The van der Waals surface area contributed by atoms with Crippen LogP contribution in [0.5, 0.6) is 5.75 Å². The lowest BCUT2D eigenvalue weighted by atomic mass is 9.89. The highest BCUT2D eigenvalue weighted by Crippen LogP contribution is 2.45. The number of hydrogen-bond donors (Lipinski definition) is 1. The van der Waals surface area contributed by atoms with Crippen molar-refractivity contribution in [3.05, 3.63) is 63.8 Å². The third-order valence-electron chi connectivity index (χ3n) is 7.84. The lowest BCUT2D eigenvalue weighted by Crippen LogP contribution is -2.44. The molecule has 1 N–H and O–H groups in total. The number of amides is 1. The van der Waals surface area contributed by atoms with E-state index in [1.54, 1.807) is 4.90 Å². The van der Waals surface area contributed by atoms with Gasteiger partial charge in [-0.15, -0.1) is 0 Å². The van der Waals surface area contributed by atoms with Gasteiger partial charge in [0.1, 0.15) is 11.8 Å². The molecule has 7 nitrogen and oxygen atoms in total. The second-order valence-corrected chi connectivity index (χ2v) is 11.8. The molecule has 38 heavy (non-hydrogen) atoms. The first-order valence-electron chi connectivity index (χ1n) is 13.4. The fourth-order valence-corrected chi connectivity index (χ4v) is 6.88. The Hall–Kier alpha value is -2.46. The molecule has 9 heteroatoms. The molecule has 6 rings (SSSR count). The molecule has 2 saturated heterocycles. The fraction of sp³-hybridized carbons (Fsp3) is 0.448. The number of H-pyrrole nitrogens is 1. The van der Waals surface area contributed by atoms with Crippen molar-refractivity contribution in [2.45, 2.75) is 44.8 Å². The molecule has 3 aromatic rings. The van der Waals surface area contributed by atoms with E-state index in [9.17, 15) is 4.79 Å². The lowest BCUT2D eigenvalue weighted by molar-refractivity contribution is -0.129. The number of rotatable bonds is 7. The average Bonchev–Trinajstić information content (AvgIpc) is 3.40. The Kier molecular flexibility index (Phi) is 7.20. The summed E-state index contributed by atoms with van der Waals surface area (Å²) in [5, 5.41) is 1.76. The topological polar surface area (TPSA) is 61.0 Å². The maximum atomic E-state index is 13.6. The number of fused-ring (bicyclic) bond motifs is 4. The van der Waals surface area contributed by atoms with Crippen molar-refractivity contribution < 1.29 is 14.3 Å². The van der Waals surface area contributed by atoms with Crippen molar-refractivity contribution in [3.8, 4) is 5.75 Å². The molecule has 1 aromatic heterocycles. The number of carbonyl (C=O) groups excluding carboxylic acids is 1. The van der Waals surface area contributed by atoms with Gasteiger partial charge in [0, 0.05) is 53.2 Å². The van der Waals surface area contributed by atoms with Crippen molar-refractivity contribution in [1.82, 2.24) is 19.7 Å². The van der Waals surface area contributed by atoms with Gasteiger partial charge in [-0.3, -0.25) is 14.6 Å². The van der Waals surface area contributed by atoms with Crippen LogP contribution in [0.1, 0.15) is 43.1 Å². The van der Waals surface area contributed by atoms with E-state index >= 15 is 0 Å². The van der Waals surface area contributed by atoms with Crippen molar-refractivity contribution in [2.24, 2.45) is 0 Å². The Labute approximate surface area is 237 Å². The van der Waals surface area contributed by atoms with E-state index in [4.69, 9.17) is 21.7 Å². The number of nitrogens with zero attached hydrogens (tertiary/aromatic N) is 3. The zero-order valence-electron chi connectivity index (χ0n) is 21.8. The van der Waals surface area contributed by atoms with Crippen LogP contribution in [0.15, 0.2) is 46.9 Å². The van der Waals surface area contributed by atoms with Crippen LogP contribution in [0.2, 0.25) is 0 Å². The molecule has 0 radical (unpaired) electrons. The van der Waals surface area contributed by atoms with Gasteiger partial charge in [-0.1, -0.05) is 28.1 Å². The largest absolute Gasteiger partial charge is 0.494 e. The highest BCUT2D eigenvalue weighted by Gasteiger charge is 2.51. The van der Waals surface area contributed by atoms with E-state index in [-0.39, 0.29) is 24.0 Å². The minimum absolute atomic E-state index is 0.0127. The average molecular weight is 598 g/mol. The Morgan fingerprint density at radius 1 is 1.16 bits per heavy atom. The zero-order chi connectivity index (χ0) is 26.4. The molecule has 2 atom stereocenters. The first-order valence-corrected chi connectivity index (χ1v) is 14.6. The third kappa shape index (κ3) is 4.63. The van der Waals surface area contributed by atoms with Gasteiger partial charge >= 0.3 is 0 Å². The number of aromatic amines is 1. The van der Waals surface area contributed by atoms with E-state index < -0.39 is 0 Å². The smallest absolute Gasteiger partial charge is 0.252 e. The number of nitrogens with one attached hydrogen (secondary N) is 1.